The molecule has 10 heteroatoms. The predicted octanol–water partition coefficient (Wildman–Crippen LogP) is 12.1. The fourth-order valence-corrected chi connectivity index (χ4v) is 6.48. The number of hydrogen-bond donors (Lipinski definition) is 1. The second-order valence-corrected chi connectivity index (χ2v) is 17.2. The summed E-state index contributed by atoms with van der Waals surface area (Å²) in [4.78, 5) is 35.3. The van der Waals surface area contributed by atoms with E-state index in [9.17, 15) is 19.0 Å². The van der Waals surface area contributed by atoms with Crippen molar-refractivity contribution in [1.82, 2.24) is 0 Å². The van der Waals surface area contributed by atoms with Crippen LogP contribution in [0, 0.1) is 0 Å². The van der Waals surface area contributed by atoms with Crippen LogP contribution in [0.15, 0.2) is 36.5 Å². The molecule has 0 spiro atoms. The van der Waals surface area contributed by atoms with E-state index in [4.69, 9.17) is 18.5 Å². The van der Waals surface area contributed by atoms with Crippen molar-refractivity contribution in [3.05, 3.63) is 36.5 Å². The second-order valence-electron chi connectivity index (χ2n) is 15.7. The zero-order valence-corrected chi connectivity index (χ0v) is 36.3. The fraction of sp³-hybridized carbons (Fsp3) is 0.818. The van der Waals surface area contributed by atoms with Crippen LogP contribution in [0.2, 0.25) is 0 Å². The Bertz CT molecular complexity index is 1020. The van der Waals surface area contributed by atoms with Crippen LogP contribution in [0.4, 0.5) is 0 Å². The molecule has 0 radical (unpaired) electrons. The van der Waals surface area contributed by atoms with Gasteiger partial charge in [0.05, 0.1) is 27.7 Å². The number of hydrogen-bond acceptors (Lipinski definition) is 7. The van der Waals surface area contributed by atoms with E-state index in [-0.39, 0.29) is 26.1 Å². The zero-order valence-electron chi connectivity index (χ0n) is 35.5. The van der Waals surface area contributed by atoms with E-state index in [1.54, 1.807) is 0 Å². The van der Waals surface area contributed by atoms with E-state index in [1.165, 1.54) is 109 Å². The van der Waals surface area contributed by atoms with E-state index in [0.717, 1.165) is 32.1 Å². The summed E-state index contributed by atoms with van der Waals surface area (Å²) in [6, 6.07) is 0. The number of phosphoric acid groups is 1. The van der Waals surface area contributed by atoms with Crippen molar-refractivity contribution < 1.29 is 42.1 Å². The zero-order chi connectivity index (χ0) is 40.0. The number of allylic oxidation sites excluding steroid dienone is 6. The smallest absolute Gasteiger partial charge is 0.462 e. The van der Waals surface area contributed by atoms with Gasteiger partial charge in [0.1, 0.15) is 19.8 Å². The molecule has 0 aromatic rings. The minimum Gasteiger partial charge on any atom is -0.462 e. The van der Waals surface area contributed by atoms with Gasteiger partial charge >= 0.3 is 19.8 Å². The molecule has 2 atom stereocenters. The number of carbonyl (C=O) groups excluding carboxylic acids is 2. The van der Waals surface area contributed by atoms with Gasteiger partial charge in [0, 0.05) is 12.8 Å². The molecular formula is C44H83NO8P+. The van der Waals surface area contributed by atoms with Crippen molar-refractivity contribution in [3.63, 3.8) is 0 Å². The largest absolute Gasteiger partial charge is 0.472 e. The van der Waals surface area contributed by atoms with Crippen LogP contribution in [0.1, 0.15) is 181 Å². The molecule has 9 nitrogen and oxygen atoms in total. The van der Waals surface area contributed by atoms with E-state index in [1.807, 2.05) is 21.1 Å². The number of nitrogens with zero attached hydrogens (tertiary/aromatic N) is 1. The molecule has 0 saturated heterocycles. The van der Waals surface area contributed by atoms with Gasteiger partial charge in [-0.3, -0.25) is 18.6 Å². The van der Waals surface area contributed by atoms with Crippen LogP contribution in [0.25, 0.3) is 0 Å². The highest BCUT2D eigenvalue weighted by atomic mass is 31.2. The van der Waals surface area contributed by atoms with Crippen molar-refractivity contribution in [3.8, 4) is 0 Å². The number of quaternary nitrogens is 1. The van der Waals surface area contributed by atoms with Crippen LogP contribution in [0.3, 0.4) is 0 Å². The number of likely N-dealkylation sites (N-methyl/N-ethyl adjacent to an activating group) is 1. The molecule has 1 unspecified atom stereocenters. The Hall–Kier alpha value is -1.77. The quantitative estimate of drug-likeness (QED) is 0.0216. The third-order valence-corrected chi connectivity index (χ3v) is 10.2. The molecule has 1 N–H and O–H groups in total. The molecule has 54 heavy (non-hydrogen) atoms. The first-order valence-electron chi connectivity index (χ1n) is 21.7. The molecule has 0 aliphatic rings. The molecule has 0 aliphatic carbocycles. The van der Waals surface area contributed by atoms with E-state index < -0.39 is 32.5 Å². The lowest BCUT2D eigenvalue weighted by Gasteiger charge is -2.24. The van der Waals surface area contributed by atoms with Crippen molar-refractivity contribution >= 4 is 19.8 Å². The Balaban J connectivity index is 4.44. The van der Waals surface area contributed by atoms with Gasteiger partial charge in [-0.15, -0.1) is 0 Å². The molecule has 0 bridgehead atoms. The maximum absolute atomic E-state index is 12.7. The lowest BCUT2D eigenvalue weighted by Crippen LogP contribution is -2.37. The first-order valence-corrected chi connectivity index (χ1v) is 23.2. The molecule has 0 amide bonds. The Morgan fingerprint density at radius 1 is 0.574 bits per heavy atom. The minimum absolute atomic E-state index is 0.0250. The number of phosphoric ester groups is 1. The number of ether oxygens (including phenoxy) is 2. The summed E-state index contributed by atoms with van der Waals surface area (Å²) < 4.78 is 34.2. The van der Waals surface area contributed by atoms with Crippen molar-refractivity contribution in [2.45, 2.75) is 187 Å². The Kier molecular flexibility index (Phi) is 35.6. The number of unbranched alkanes of at least 4 members (excludes halogenated alkanes) is 19. The topological polar surface area (TPSA) is 108 Å². The fourth-order valence-electron chi connectivity index (χ4n) is 5.74. The summed E-state index contributed by atoms with van der Waals surface area (Å²) in [5, 5.41) is 0. The third-order valence-electron chi connectivity index (χ3n) is 9.17. The van der Waals surface area contributed by atoms with Crippen LogP contribution < -0.4 is 0 Å². The summed E-state index contributed by atoms with van der Waals surface area (Å²) in [6.07, 6.45) is 40.5. The maximum atomic E-state index is 12.7. The van der Waals surface area contributed by atoms with Gasteiger partial charge in [-0.25, -0.2) is 4.57 Å². The summed E-state index contributed by atoms with van der Waals surface area (Å²) in [7, 11) is 1.45. The summed E-state index contributed by atoms with van der Waals surface area (Å²) in [6.45, 7) is 4.36. The summed E-state index contributed by atoms with van der Waals surface area (Å²) >= 11 is 0. The lowest BCUT2D eigenvalue weighted by atomic mass is 10.0. The summed E-state index contributed by atoms with van der Waals surface area (Å²) in [5.41, 5.74) is 0. The first kappa shape index (κ1) is 52.2. The highest BCUT2D eigenvalue weighted by Gasteiger charge is 2.27. The van der Waals surface area contributed by atoms with Crippen molar-refractivity contribution in [1.29, 1.82) is 0 Å². The summed E-state index contributed by atoms with van der Waals surface area (Å²) in [5.74, 6) is -0.857. The van der Waals surface area contributed by atoms with E-state index >= 15 is 0 Å². The normalized spacial score (nSPS) is 14.0. The van der Waals surface area contributed by atoms with E-state index in [0.29, 0.717) is 23.9 Å². The predicted molar refractivity (Wildman–Crippen MR) is 224 cm³/mol. The van der Waals surface area contributed by atoms with Gasteiger partial charge in [-0.05, 0) is 44.9 Å². The van der Waals surface area contributed by atoms with Gasteiger partial charge < -0.3 is 18.9 Å². The van der Waals surface area contributed by atoms with Gasteiger partial charge in [0.25, 0.3) is 0 Å². The van der Waals surface area contributed by atoms with Crippen LogP contribution in [-0.4, -0.2) is 74.9 Å². The second kappa shape index (κ2) is 36.8. The number of carbonyl (C=O) groups is 2. The standard InChI is InChI=1S/C44H82NO8P/c1-6-8-10-12-14-16-18-20-21-22-23-25-26-28-30-32-34-36-43(46)50-40-42(41-52-54(48,49)51-39-38-45(3,4)5)53-44(47)37-35-33-31-29-27-24-19-17-15-13-11-9-7-2/h20-21,23,25,28,30,42H,6-19,22,24,26-27,29,31-41H2,1-5H3/p+1/b21-20+,25-23+,30-28+/t42-/m1/s1. The monoisotopic (exact) mass is 785 g/mol. The van der Waals surface area contributed by atoms with Crippen molar-refractivity contribution in [2.75, 3.05) is 47.5 Å². The highest BCUT2D eigenvalue weighted by molar-refractivity contribution is 7.47. The van der Waals surface area contributed by atoms with Gasteiger partial charge in [-0.1, -0.05) is 159 Å². The molecular weight excluding hydrogens is 701 g/mol. The molecule has 0 saturated carbocycles. The maximum Gasteiger partial charge on any atom is 0.472 e. The Morgan fingerprint density at radius 3 is 1.54 bits per heavy atom. The Labute approximate surface area is 331 Å². The SMILES string of the molecule is CCCCCCCC/C=C/C/C=C/C/C=C/CCCC(=O)OC[C@H](COP(=O)(O)OCC[N+](C)(C)C)OC(=O)CCCCCCCCCCCCCCC. The van der Waals surface area contributed by atoms with Crippen LogP contribution >= 0.6 is 7.82 Å². The third kappa shape index (κ3) is 39.9. The minimum atomic E-state index is -4.38. The number of esters is 2. The lowest BCUT2D eigenvalue weighted by molar-refractivity contribution is -0.870. The first-order chi connectivity index (χ1) is 26.0. The van der Waals surface area contributed by atoms with Crippen LogP contribution in [-0.2, 0) is 32.7 Å². The van der Waals surface area contributed by atoms with Crippen molar-refractivity contribution in [2.24, 2.45) is 0 Å². The van der Waals surface area contributed by atoms with E-state index in [2.05, 4.69) is 50.3 Å². The van der Waals surface area contributed by atoms with Gasteiger partial charge in [-0.2, -0.15) is 0 Å². The molecule has 0 aliphatic heterocycles. The molecule has 0 heterocycles. The van der Waals surface area contributed by atoms with Crippen LogP contribution in [0.5, 0.6) is 0 Å². The molecule has 316 valence electrons. The average Bonchev–Trinajstić information content (AvgIpc) is 3.12. The molecule has 0 fully saturated rings. The van der Waals surface area contributed by atoms with Gasteiger partial charge in [0.2, 0.25) is 0 Å². The molecule has 0 aromatic carbocycles. The number of rotatable bonds is 39. The molecule has 0 aromatic heterocycles. The highest BCUT2D eigenvalue weighted by Crippen LogP contribution is 2.43. The molecule has 0 rings (SSSR count). The Morgan fingerprint density at radius 2 is 1.02 bits per heavy atom. The van der Waals surface area contributed by atoms with Gasteiger partial charge in [0.15, 0.2) is 6.10 Å². The average molecular weight is 785 g/mol.